The van der Waals surface area contributed by atoms with Gasteiger partial charge in [-0.15, -0.1) is 0 Å². The van der Waals surface area contributed by atoms with E-state index in [1.54, 1.807) is 13.8 Å². The number of unbranched alkanes of at least 4 members (excludes halogenated alkanes) is 2. The Balaban J connectivity index is 2.41. The highest BCUT2D eigenvalue weighted by Gasteiger charge is 2.25. The molecule has 2 rings (SSSR count). The van der Waals surface area contributed by atoms with E-state index in [0.29, 0.717) is 28.7 Å². The topological polar surface area (TPSA) is 78.0 Å². The molecule has 1 amide bonds. The first-order valence-electron chi connectivity index (χ1n) is 9.91. The lowest BCUT2D eigenvalue weighted by Gasteiger charge is -2.20. The second-order valence-electron chi connectivity index (χ2n) is 6.54. The number of hydrogen-bond acceptors (Lipinski definition) is 7. The van der Waals surface area contributed by atoms with E-state index >= 15 is 0 Å². The molecule has 0 fully saturated rings. The predicted molar refractivity (Wildman–Crippen MR) is 114 cm³/mol. The van der Waals surface area contributed by atoms with Gasteiger partial charge in [0.05, 0.1) is 19.4 Å². The summed E-state index contributed by atoms with van der Waals surface area (Å²) in [6.45, 7) is 2.94. The van der Waals surface area contributed by atoms with Crippen molar-refractivity contribution in [2.75, 3.05) is 25.2 Å². The lowest BCUT2D eigenvalue weighted by atomic mass is 10.1. The number of amides is 1. The Morgan fingerprint density at radius 1 is 1.19 bits per heavy atom. The number of rotatable bonds is 11. The zero-order valence-electron chi connectivity index (χ0n) is 17.9. The molecule has 1 heterocycles. The zero-order chi connectivity index (χ0) is 23.0. The number of esters is 1. The van der Waals surface area contributed by atoms with E-state index in [0.717, 1.165) is 24.2 Å². The fourth-order valence-corrected chi connectivity index (χ4v) is 3.83. The largest absolute Gasteiger partial charge is 0.493 e. The van der Waals surface area contributed by atoms with Gasteiger partial charge in [-0.25, -0.2) is 9.78 Å². The van der Waals surface area contributed by atoms with Gasteiger partial charge in [0, 0.05) is 12.1 Å². The van der Waals surface area contributed by atoms with E-state index in [4.69, 9.17) is 9.47 Å². The fraction of sp³-hybridized carbons (Fsp3) is 0.476. The summed E-state index contributed by atoms with van der Waals surface area (Å²) in [5.74, 6) is -1.09. The number of benzene rings is 1. The second kappa shape index (κ2) is 11.6. The van der Waals surface area contributed by atoms with Crippen LogP contribution < -0.4 is 14.4 Å². The van der Waals surface area contributed by atoms with E-state index in [9.17, 15) is 18.4 Å². The van der Waals surface area contributed by atoms with Crippen LogP contribution in [0.4, 0.5) is 13.9 Å². The van der Waals surface area contributed by atoms with E-state index in [-0.39, 0.29) is 23.7 Å². The third-order valence-electron chi connectivity index (χ3n) is 4.33. The molecule has 0 saturated carbocycles. The van der Waals surface area contributed by atoms with Gasteiger partial charge in [-0.05, 0) is 38.5 Å². The first-order chi connectivity index (χ1) is 14.8. The van der Waals surface area contributed by atoms with Gasteiger partial charge in [-0.1, -0.05) is 31.1 Å². The van der Waals surface area contributed by atoms with Gasteiger partial charge in [0.25, 0.3) is 5.91 Å². The van der Waals surface area contributed by atoms with Crippen molar-refractivity contribution in [2.24, 2.45) is 0 Å². The molecule has 170 valence electrons. The number of hydrogen-bond donors (Lipinski definition) is 0. The summed E-state index contributed by atoms with van der Waals surface area (Å²) >= 11 is 1.06. The molecule has 0 spiro atoms. The molecule has 0 radical (unpaired) electrons. The van der Waals surface area contributed by atoms with E-state index in [1.807, 2.05) is 6.92 Å². The molecule has 0 saturated heterocycles. The SMILES string of the molecule is CCCCCN(C(=O)c1ccc(OC)c(OC(F)F)c1)c1nc(C)c(C(=O)OCC)s1. The third kappa shape index (κ3) is 6.36. The van der Waals surface area contributed by atoms with Crippen LogP contribution in [0, 0.1) is 6.92 Å². The second-order valence-corrected chi connectivity index (χ2v) is 7.52. The summed E-state index contributed by atoms with van der Waals surface area (Å²) in [6, 6.07) is 4.08. The van der Waals surface area contributed by atoms with Crippen LogP contribution in [-0.2, 0) is 4.74 Å². The number of aromatic nitrogens is 1. The molecule has 2 aromatic rings. The number of carbonyl (C=O) groups is 2. The number of anilines is 1. The maximum atomic E-state index is 13.3. The van der Waals surface area contributed by atoms with Crippen molar-refractivity contribution in [2.45, 2.75) is 46.6 Å². The summed E-state index contributed by atoms with van der Waals surface area (Å²) in [7, 11) is 1.32. The average Bonchev–Trinajstić information content (AvgIpc) is 3.12. The molecule has 0 bridgehead atoms. The van der Waals surface area contributed by atoms with Crippen molar-refractivity contribution in [3.8, 4) is 11.5 Å². The number of alkyl halides is 2. The van der Waals surface area contributed by atoms with Crippen molar-refractivity contribution in [1.29, 1.82) is 0 Å². The van der Waals surface area contributed by atoms with Gasteiger partial charge in [0.2, 0.25) is 0 Å². The minimum Gasteiger partial charge on any atom is -0.493 e. The molecule has 7 nitrogen and oxygen atoms in total. The average molecular weight is 457 g/mol. The molecule has 0 unspecified atom stereocenters. The Morgan fingerprint density at radius 2 is 1.94 bits per heavy atom. The third-order valence-corrected chi connectivity index (χ3v) is 5.49. The van der Waals surface area contributed by atoms with Crippen molar-refractivity contribution in [3.63, 3.8) is 0 Å². The molecule has 0 atom stereocenters. The summed E-state index contributed by atoms with van der Waals surface area (Å²) in [4.78, 5) is 31.6. The highest BCUT2D eigenvalue weighted by atomic mass is 32.1. The molecule has 0 aliphatic rings. The number of nitrogens with zero attached hydrogens (tertiary/aromatic N) is 2. The molecular weight excluding hydrogens is 430 g/mol. The number of aryl methyl sites for hydroxylation is 1. The molecule has 0 N–H and O–H groups in total. The predicted octanol–water partition coefficient (Wildman–Crippen LogP) is 5.08. The van der Waals surface area contributed by atoms with Crippen molar-refractivity contribution in [1.82, 2.24) is 4.98 Å². The van der Waals surface area contributed by atoms with Gasteiger partial charge in [0.15, 0.2) is 16.6 Å². The monoisotopic (exact) mass is 456 g/mol. The fourth-order valence-electron chi connectivity index (χ4n) is 2.84. The highest BCUT2D eigenvalue weighted by molar-refractivity contribution is 7.17. The Hall–Kier alpha value is -2.75. The number of thiazole rings is 1. The number of halogens is 2. The Labute approximate surface area is 183 Å². The van der Waals surface area contributed by atoms with Crippen LogP contribution in [0.25, 0.3) is 0 Å². The standard InChI is InChI=1S/C21H26F2N2O5S/c1-5-7-8-11-25(21-24-13(3)17(31-21)19(27)29-6-2)18(26)14-9-10-15(28-4)16(12-14)30-20(22)23/h9-10,12,20H,5-8,11H2,1-4H3. The molecular formula is C21H26F2N2O5S. The summed E-state index contributed by atoms with van der Waals surface area (Å²) in [5, 5.41) is 0.341. The van der Waals surface area contributed by atoms with Crippen molar-refractivity contribution in [3.05, 3.63) is 34.3 Å². The minimum absolute atomic E-state index is 0.0871. The first kappa shape index (κ1) is 24.5. The maximum absolute atomic E-state index is 13.3. The van der Waals surface area contributed by atoms with E-state index < -0.39 is 18.5 Å². The molecule has 31 heavy (non-hydrogen) atoms. The molecule has 10 heteroatoms. The number of carbonyl (C=O) groups excluding carboxylic acids is 2. The summed E-state index contributed by atoms with van der Waals surface area (Å²) in [6.07, 6.45) is 2.55. The number of methoxy groups -OCH3 is 1. The van der Waals surface area contributed by atoms with Crippen LogP contribution in [0.1, 0.15) is 58.8 Å². The summed E-state index contributed by atoms with van der Waals surface area (Å²) in [5.41, 5.74) is 0.599. The Bertz CT molecular complexity index is 904. The Morgan fingerprint density at radius 3 is 2.55 bits per heavy atom. The lowest BCUT2D eigenvalue weighted by Crippen LogP contribution is -2.32. The van der Waals surface area contributed by atoms with Gasteiger partial charge in [-0.3, -0.25) is 9.69 Å². The van der Waals surface area contributed by atoms with Gasteiger partial charge < -0.3 is 14.2 Å². The molecule has 1 aromatic heterocycles. The van der Waals surface area contributed by atoms with Gasteiger partial charge in [-0.2, -0.15) is 8.78 Å². The maximum Gasteiger partial charge on any atom is 0.387 e. The number of ether oxygens (including phenoxy) is 3. The van der Waals surface area contributed by atoms with Crippen LogP contribution >= 0.6 is 11.3 Å². The van der Waals surface area contributed by atoms with Crippen molar-refractivity contribution < 1.29 is 32.6 Å². The molecule has 0 aliphatic heterocycles. The minimum atomic E-state index is -3.06. The first-order valence-corrected chi connectivity index (χ1v) is 10.7. The quantitative estimate of drug-likeness (QED) is 0.347. The van der Waals surface area contributed by atoms with Crippen LogP contribution in [0.15, 0.2) is 18.2 Å². The van der Waals surface area contributed by atoms with Gasteiger partial charge >= 0.3 is 12.6 Å². The van der Waals surface area contributed by atoms with Crippen LogP contribution in [-0.4, -0.2) is 43.7 Å². The summed E-state index contributed by atoms with van der Waals surface area (Å²) < 4.78 is 40.1. The highest BCUT2D eigenvalue weighted by Crippen LogP contribution is 2.32. The van der Waals surface area contributed by atoms with Crippen LogP contribution in [0.3, 0.4) is 0 Å². The molecule has 0 aliphatic carbocycles. The van der Waals surface area contributed by atoms with Crippen LogP contribution in [0.5, 0.6) is 11.5 Å². The Kier molecular flexibility index (Phi) is 9.17. The zero-order valence-corrected chi connectivity index (χ0v) is 18.8. The molecule has 1 aromatic carbocycles. The smallest absolute Gasteiger partial charge is 0.387 e. The van der Waals surface area contributed by atoms with Crippen LogP contribution in [0.2, 0.25) is 0 Å². The van der Waals surface area contributed by atoms with E-state index in [1.165, 1.54) is 30.2 Å². The van der Waals surface area contributed by atoms with Crippen molar-refractivity contribution >= 4 is 28.3 Å². The van der Waals surface area contributed by atoms with Gasteiger partial charge in [0.1, 0.15) is 4.88 Å². The lowest BCUT2D eigenvalue weighted by molar-refractivity contribution is -0.0512. The normalized spacial score (nSPS) is 10.8. The van der Waals surface area contributed by atoms with E-state index in [2.05, 4.69) is 9.72 Å².